The number of benzene rings is 2. The number of aromatic nitrogens is 4. The molecule has 142 valence electrons. The average Bonchev–Trinajstić information content (AvgIpc) is 3.07. The molecule has 0 spiro atoms. The van der Waals surface area contributed by atoms with Crippen molar-refractivity contribution in [3.05, 3.63) is 80.1 Å². The van der Waals surface area contributed by atoms with Gasteiger partial charge in [-0.2, -0.15) is 5.10 Å². The Morgan fingerprint density at radius 2 is 1.54 bits per heavy atom. The van der Waals surface area contributed by atoms with Gasteiger partial charge in [0, 0.05) is 26.6 Å². The fourth-order valence-electron chi connectivity index (χ4n) is 2.80. The molecule has 4 aromatic rings. The second-order valence-electron chi connectivity index (χ2n) is 6.09. The van der Waals surface area contributed by atoms with Gasteiger partial charge in [-0.3, -0.25) is 0 Å². The summed E-state index contributed by atoms with van der Waals surface area (Å²) in [5.41, 5.74) is 2.51. The molecular formula is C19H13Cl4N5. The van der Waals surface area contributed by atoms with Crippen LogP contribution in [-0.2, 0) is 13.1 Å². The summed E-state index contributed by atoms with van der Waals surface area (Å²) in [4.78, 5) is 8.70. The van der Waals surface area contributed by atoms with E-state index in [9.17, 15) is 0 Å². The van der Waals surface area contributed by atoms with Crippen LogP contribution in [0.5, 0.6) is 0 Å². The number of nitrogens with one attached hydrogen (secondary N) is 1. The molecule has 2 aromatic carbocycles. The van der Waals surface area contributed by atoms with Gasteiger partial charge < -0.3 is 5.32 Å². The van der Waals surface area contributed by atoms with Crippen molar-refractivity contribution in [1.29, 1.82) is 0 Å². The maximum atomic E-state index is 6.28. The fraction of sp³-hybridized carbons (Fsp3) is 0.105. The number of hydrogen-bond donors (Lipinski definition) is 1. The maximum Gasteiger partial charge on any atom is 0.163 e. The van der Waals surface area contributed by atoms with Crippen LogP contribution >= 0.6 is 46.4 Å². The highest BCUT2D eigenvalue weighted by Crippen LogP contribution is 2.26. The highest BCUT2D eigenvalue weighted by Gasteiger charge is 2.12. The molecule has 9 heteroatoms. The van der Waals surface area contributed by atoms with E-state index in [2.05, 4.69) is 20.4 Å². The molecule has 5 nitrogen and oxygen atoms in total. The number of anilines is 1. The van der Waals surface area contributed by atoms with E-state index in [4.69, 9.17) is 46.4 Å². The van der Waals surface area contributed by atoms with Gasteiger partial charge in [-0.25, -0.2) is 14.6 Å². The summed E-state index contributed by atoms with van der Waals surface area (Å²) in [5, 5.41) is 10.9. The molecule has 4 rings (SSSR count). The maximum absolute atomic E-state index is 6.28. The lowest BCUT2D eigenvalue weighted by Crippen LogP contribution is -2.05. The molecule has 0 radical (unpaired) electrons. The largest absolute Gasteiger partial charge is 0.365 e. The molecule has 2 aromatic heterocycles. The van der Waals surface area contributed by atoms with Gasteiger partial charge in [0.15, 0.2) is 5.65 Å². The molecule has 2 heterocycles. The number of halogens is 4. The predicted molar refractivity (Wildman–Crippen MR) is 115 cm³/mol. The second-order valence-corrected chi connectivity index (χ2v) is 7.77. The molecule has 0 saturated heterocycles. The van der Waals surface area contributed by atoms with Gasteiger partial charge in [-0.05, 0) is 35.4 Å². The lowest BCUT2D eigenvalue weighted by Gasteiger charge is -2.09. The SMILES string of the molecule is Clc1ccc(CNc2ncnc3c2cnn3Cc2ccc(Cl)cc2Cl)c(Cl)c1. The van der Waals surface area contributed by atoms with Crippen LogP contribution < -0.4 is 5.32 Å². The molecule has 0 fully saturated rings. The predicted octanol–water partition coefficient (Wildman–Crippen LogP) is 6.10. The van der Waals surface area contributed by atoms with E-state index in [1.807, 2.05) is 12.1 Å². The Labute approximate surface area is 181 Å². The molecule has 0 aliphatic carbocycles. The lowest BCUT2D eigenvalue weighted by atomic mass is 10.2. The molecule has 28 heavy (non-hydrogen) atoms. The fourth-order valence-corrected chi connectivity index (χ4v) is 3.75. The highest BCUT2D eigenvalue weighted by atomic mass is 35.5. The number of nitrogens with zero attached hydrogens (tertiary/aromatic N) is 4. The van der Waals surface area contributed by atoms with E-state index in [0.29, 0.717) is 44.6 Å². The minimum Gasteiger partial charge on any atom is -0.365 e. The minimum absolute atomic E-state index is 0.471. The van der Waals surface area contributed by atoms with Gasteiger partial charge in [-0.15, -0.1) is 0 Å². The molecule has 0 atom stereocenters. The summed E-state index contributed by atoms with van der Waals surface area (Å²) in [6, 6.07) is 10.8. The minimum atomic E-state index is 0.471. The van der Waals surface area contributed by atoms with Gasteiger partial charge in [0.1, 0.15) is 12.1 Å². The molecule has 0 aliphatic rings. The quantitative estimate of drug-likeness (QED) is 0.397. The van der Waals surface area contributed by atoms with E-state index < -0.39 is 0 Å². The third-order valence-corrected chi connectivity index (χ3v) is 5.40. The molecule has 0 bridgehead atoms. The van der Waals surface area contributed by atoms with Crippen LogP contribution in [0.4, 0.5) is 5.82 Å². The Bertz CT molecular complexity index is 1160. The zero-order valence-electron chi connectivity index (χ0n) is 14.3. The topological polar surface area (TPSA) is 55.6 Å². The first-order valence-corrected chi connectivity index (χ1v) is 9.80. The van der Waals surface area contributed by atoms with E-state index in [0.717, 1.165) is 16.5 Å². The Balaban J connectivity index is 1.59. The van der Waals surface area contributed by atoms with E-state index in [1.54, 1.807) is 35.1 Å². The van der Waals surface area contributed by atoms with Crippen LogP contribution in [0.2, 0.25) is 20.1 Å². The van der Waals surface area contributed by atoms with Crippen LogP contribution in [0.15, 0.2) is 48.9 Å². The van der Waals surface area contributed by atoms with Crippen LogP contribution in [0.1, 0.15) is 11.1 Å². The van der Waals surface area contributed by atoms with Gasteiger partial charge in [0.05, 0.1) is 18.1 Å². The normalized spacial score (nSPS) is 11.1. The van der Waals surface area contributed by atoms with Crippen molar-refractivity contribution in [1.82, 2.24) is 19.7 Å². The molecule has 0 amide bonds. The summed E-state index contributed by atoms with van der Waals surface area (Å²) in [6.07, 6.45) is 3.22. The lowest BCUT2D eigenvalue weighted by molar-refractivity contribution is 0.704. The zero-order chi connectivity index (χ0) is 19.7. The van der Waals surface area contributed by atoms with E-state index in [-0.39, 0.29) is 0 Å². The monoisotopic (exact) mass is 451 g/mol. The molecular weight excluding hydrogens is 440 g/mol. The van der Waals surface area contributed by atoms with Crippen LogP contribution in [0.25, 0.3) is 11.0 Å². The Hall–Kier alpha value is -2.05. The van der Waals surface area contributed by atoms with Gasteiger partial charge >= 0.3 is 0 Å². The van der Waals surface area contributed by atoms with Crippen molar-refractivity contribution in [3.8, 4) is 0 Å². The third kappa shape index (κ3) is 4.03. The van der Waals surface area contributed by atoms with Crippen LogP contribution in [0.3, 0.4) is 0 Å². The van der Waals surface area contributed by atoms with Crippen molar-refractivity contribution in [2.24, 2.45) is 0 Å². The van der Waals surface area contributed by atoms with Gasteiger partial charge in [0.25, 0.3) is 0 Å². The van der Waals surface area contributed by atoms with E-state index in [1.165, 1.54) is 6.33 Å². The molecule has 1 N–H and O–H groups in total. The first-order chi connectivity index (χ1) is 13.5. The molecule has 0 aliphatic heterocycles. The molecule has 0 saturated carbocycles. The summed E-state index contributed by atoms with van der Waals surface area (Å²) in [6.45, 7) is 0.968. The summed E-state index contributed by atoms with van der Waals surface area (Å²) in [5.74, 6) is 0.671. The highest BCUT2D eigenvalue weighted by molar-refractivity contribution is 6.35. The van der Waals surface area contributed by atoms with Gasteiger partial charge in [0.2, 0.25) is 0 Å². The average molecular weight is 453 g/mol. The Morgan fingerprint density at radius 1 is 0.857 bits per heavy atom. The first-order valence-electron chi connectivity index (χ1n) is 8.29. The van der Waals surface area contributed by atoms with Crippen molar-refractivity contribution in [3.63, 3.8) is 0 Å². The second kappa shape index (κ2) is 8.13. The van der Waals surface area contributed by atoms with Crippen molar-refractivity contribution in [2.45, 2.75) is 13.1 Å². The van der Waals surface area contributed by atoms with Crippen LogP contribution in [-0.4, -0.2) is 19.7 Å². The number of fused-ring (bicyclic) bond motifs is 1. The van der Waals surface area contributed by atoms with Crippen molar-refractivity contribution in [2.75, 3.05) is 5.32 Å². The Kier molecular flexibility index (Phi) is 5.60. The standard InChI is InChI=1S/C19H13Cl4N5/c20-13-3-1-11(16(22)5-13)7-24-18-15-8-27-28(19(15)26-10-25-18)9-12-2-4-14(21)6-17(12)23/h1-6,8,10H,7,9H2,(H,24,25,26). The number of rotatable bonds is 5. The molecule has 0 unspecified atom stereocenters. The summed E-state index contributed by atoms with van der Waals surface area (Å²) >= 11 is 24.4. The van der Waals surface area contributed by atoms with Crippen molar-refractivity contribution < 1.29 is 0 Å². The number of hydrogen-bond acceptors (Lipinski definition) is 4. The van der Waals surface area contributed by atoms with Gasteiger partial charge in [-0.1, -0.05) is 58.5 Å². The smallest absolute Gasteiger partial charge is 0.163 e. The Morgan fingerprint density at radius 3 is 2.21 bits per heavy atom. The van der Waals surface area contributed by atoms with E-state index >= 15 is 0 Å². The third-order valence-electron chi connectivity index (χ3n) is 4.23. The summed E-state index contributed by atoms with van der Waals surface area (Å²) < 4.78 is 1.77. The first kappa shape index (κ1) is 19.3. The summed E-state index contributed by atoms with van der Waals surface area (Å²) in [7, 11) is 0. The zero-order valence-corrected chi connectivity index (χ0v) is 17.4. The van der Waals surface area contributed by atoms with Crippen molar-refractivity contribution >= 4 is 63.3 Å². The van der Waals surface area contributed by atoms with Crippen LogP contribution in [0, 0.1) is 0 Å².